The van der Waals surface area contributed by atoms with Crippen LogP contribution in [0.1, 0.15) is 44.6 Å². The van der Waals surface area contributed by atoms with Crippen molar-refractivity contribution in [3.63, 3.8) is 0 Å². The van der Waals surface area contributed by atoms with Gasteiger partial charge in [0.1, 0.15) is 0 Å². The normalized spacial score (nSPS) is 23.1. The molecule has 0 spiro atoms. The third kappa shape index (κ3) is 3.40. The van der Waals surface area contributed by atoms with Gasteiger partial charge in [0.05, 0.1) is 5.92 Å². The molecule has 1 aromatic carbocycles. The summed E-state index contributed by atoms with van der Waals surface area (Å²) < 4.78 is 0. The van der Waals surface area contributed by atoms with Crippen LogP contribution in [0, 0.1) is 12.8 Å². The minimum absolute atomic E-state index is 0.0158. The van der Waals surface area contributed by atoms with Gasteiger partial charge in [-0.05, 0) is 44.4 Å². The predicted molar refractivity (Wildman–Crippen MR) is 83.8 cm³/mol. The summed E-state index contributed by atoms with van der Waals surface area (Å²) in [7, 11) is 0. The zero-order valence-electron chi connectivity index (χ0n) is 12.6. The predicted octanol–water partition coefficient (Wildman–Crippen LogP) is 3.26. The average molecular weight is 274 g/mol. The maximum Gasteiger partial charge on any atom is 0.231 e. The third-order valence-electron chi connectivity index (χ3n) is 4.28. The molecule has 0 radical (unpaired) electrons. The fraction of sp³-hybridized carbons (Fsp3) is 0.588. The van der Waals surface area contributed by atoms with Crippen molar-refractivity contribution in [2.45, 2.75) is 52.0 Å². The van der Waals surface area contributed by atoms with E-state index < -0.39 is 0 Å². The molecular weight excluding hydrogens is 248 g/mol. The molecular formula is C17H26N2O. The zero-order valence-corrected chi connectivity index (χ0v) is 12.6. The Morgan fingerprint density at radius 2 is 2.05 bits per heavy atom. The van der Waals surface area contributed by atoms with Gasteiger partial charge in [0, 0.05) is 18.3 Å². The van der Waals surface area contributed by atoms with Gasteiger partial charge in [0.25, 0.3) is 0 Å². The zero-order chi connectivity index (χ0) is 14.5. The number of carbonyl (C=O) groups excluding carboxylic acids is 1. The Bertz CT molecular complexity index is 458. The summed E-state index contributed by atoms with van der Waals surface area (Å²) in [5, 5.41) is 0. The Morgan fingerprint density at radius 1 is 1.30 bits per heavy atom. The molecule has 0 bridgehead atoms. The summed E-state index contributed by atoms with van der Waals surface area (Å²) in [4.78, 5) is 14.7. The number of nitrogens with zero attached hydrogens (tertiary/aromatic N) is 1. The fourth-order valence-corrected chi connectivity index (χ4v) is 3.10. The van der Waals surface area contributed by atoms with E-state index in [0.717, 1.165) is 31.4 Å². The molecule has 3 nitrogen and oxygen atoms in total. The molecule has 1 saturated carbocycles. The lowest BCUT2D eigenvalue weighted by atomic mass is 9.93. The highest BCUT2D eigenvalue weighted by atomic mass is 16.2. The highest BCUT2D eigenvalue weighted by Gasteiger charge is 2.30. The molecule has 2 atom stereocenters. The number of nitrogens with two attached hydrogens (primary N) is 1. The van der Waals surface area contributed by atoms with Gasteiger partial charge in [-0.3, -0.25) is 4.79 Å². The van der Waals surface area contributed by atoms with Crippen LogP contribution in [0.3, 0.4) is 0 Å². The number of rotatable bonds is 3. The lowest BCUT2D eigenvalue weighted by molar-refractivity contribution is -0.123. The highest BCUT2D eigenvalue weighted by Crippen LogP contribution is 2.26. The number of anilines is 1. The molecule has 2 N–H and O–H groups in total. The number of hydrogen-bond donors (Lipinski definition) is 1. The Hall–Kier alpha value is -1.35. The molecule has 1 aliphatic rings. The first-order valence-electron chi connectivity index (χ1n) is 7.77. The van der Waals surface area contributed by atoms with Crippen molar-refractivity contribution in [3.8, 4) is 0 Å². The Morgan fingerprint density at radius 3 is 2.75 bits per heavy atom. The summed E-state index contributed by atoms with van der Waals surface area (Å²) >= 11 is 0. The van der Waals surface area contributed by atoms with E-state index >= 15 is 0 Å². The van der Waals surface area contributed by atoms with Gasteiger partial charge in [-0.15, -0.1) is 0 Å². The summed E-state index contributed by atoms with van der Waals surface area (Å²) in [6.07, 6.45) is 5.38. The van der Waals surface area contributed by atoms with Gasteiger partial charge < -0.3 is 10.6 Å². The first-order valence-corrected chi connectivity index (χ1v) is 7.77. The van der Waals surface area contributed by atoms with Crippen LogP contribution in [-0.4, -0.2) is 18.5 Å². The molecule has 2 unspecified atom stereocenters. The maximum atomic E-state index is 12.9. The number of hydrogen-bond acceptors (Lipinski definition) is 2. The largest absolute Gasteiger partial charge is 0.327 e. The van der Waals surface area contributed by atoms with E-state index in [-0.39, 0.29) is 17.9 Å². The molecule has 1 fully saturated rings. The molecule has 0 heterocycles. The molecule has 2 rings (SSSR count). The average Bonchev–Trinajstić information content (AvgIpc) is 2.64. The van der Waals surface area contributed by atoms with Gasteiger partial charge in [0.15, 0.2) is 0 Å². The Kier molecular flexibility index (Phi) is 5.18. The molecule has 110 valence electrons. The second-order valence-corrected chi connectivity index (χ2v) is 5.83. The first-order chi connectivity index (χ1) is 9.63. The first kappa shape index (κ1) is 15.0. The lowest BCUT2D eigenvalue weighted by Crippen LogP contribution is -2.44. The number of aryl methyl sites for hydroxylation is 1. The van der Waals surface area contributed by atoms with Crippen LogP contribution in [0.2, 0.25) is 0 Å². The van der Waals surface area contributed by atoms with Crippen molar-refractivity contribution in [1.82, 2.24) is 0 Å². The van der Waals surface area contributed by atoms with Crippen LogP contribution >= 0.6 is 0 Å². The molecule has 1 amide bonds. The number of carbonyl (C=O) groups is 1. The summed E-state index contributed by atoms with van der Waals surface area (Å²) in [6, 6.07) is 8.16. The molecule has 1 aromatic rings. The Labute approximate surface area is 122 Å². The van der Waals surface area contributed by atoms with E-state index in [9.17, 15) is 4.79 Å². The van der Waals surface area contributed by atoms with Gasteiger partial charge in [-0.1, -0.05) is 31.4 Å². The third-order valence-corrected chi connectivity index (χ3v) is 4.28. The number of amides is 1. The van der Waals surface area contributed by atoms with E-state index in [4.69, 9.17) is 5.73 Å². The minimum Gasteiger partial charge on any atom is -0.327 e. The van der Waals surface area contributed by atoms with Gasteiger partial charge in [-0.25, -0.2) is 0 Å². The second kappa shape index (κ2) is 6.89. The van der Waals surface area contributed by atoms with Gasteiger partial charge >= 0.3 is 0 Å². The second-order valence-electron chi connectivity index (χ2n) is 5.83. The van der Waals surface area contributed by atoms with E-state index in [1.165, 1.54) is 12.0 Å². The van der Waals surface area contributed by atoms with Crippen molar-refractivity contribution in [2.24, 2.45) is 11.7 Å². The van der Waals surface area contributed by atoms with Crippen LogP contribution in [0.25, 0.3) is 0 Å². The van der Waals surface area contributed by atoms with Gasteiger partial charge in [0.2, 0.25) is 5.91 Å². The maximum absolute atomic E-state index is 12.9. The smallest absolute Gasteiger partial charge is 0.231 e. The highest BCUT2D eigenvalue weighted by molar-refractivity contribution is 5.95. The molecule has 0 aromatic heterocycles. The van der Waals surface area contributed by atoms with Crippen molar-refractivity contribution in [2.75, 3.05) is 11.4 Å². The van der Waals surface area contributed by atoms with E-state index in [2.05, 4.69) is 19.1 Å². The van der Waals surface area contributed by atoms with Crippen molar-refractivity contribution < 1.29 is 4.79 Å². The molecule has 1 aliphatic carbocycles. The molecule has 3 heteroatoms. The molecule has 0 aliphatic heterocycles. The fourth-order valence-electron chi connectivity index (χ4n) is 3.10. The van der Waals surface area contributed by atoms with E-state index in [1.54, 1.807) is 0 Å². The quantitative estimate of drug-likeness (QED) is 0.860. The topological polar surface area (TPSA) is 46.3 Å². The van der Waals surface area contributed by atoms with Crippen LogP contribution in [-0.2, 0) is 4.79 Å². The minimum atomic E-state index is -0.0158. The van der Waals surface area contributed by atoms with Crippen LogP contribution in [0.5, 0.6) is 0 Å². The summed E-state index contributed by atoms with van der Waals surface area (Å²) in [6.45, 7) is 4.78. The monoisotopic (exact) mass is 274 g/mol. The Balaban J connectivity index is 2.19. The molecule has 0 saturated heterocycles. The molecule has 20 heavy (non-hydrogen) atoms. The van der Waals surface area contributed by atoms with Crippen LogP contribution in [0.15, 0.2) is 24.3 Å². The van der Waals surface area contributed by atoms with Crippen molar-refractivity contribution >= 4 is 11.6 Å². The standard InChI is InChI=1S/C17H26N2O/c1-3-19(14-9-7-8-13(2)12-14)17(20)15-10-5-4-6-11-16(15)18/h7-9,12,15-16H,3-6,10-11,18H2,1-2H3. The van der Waals surface area contributed by atoms with Crippen LogP contribution < -0.4 is 10.6 Å². The van der Waals surface area contributed by atoms with E-state index in [1.807, 2.05) is 24.0 Å². The summed E-state index contributed by atoms with van der Waals surface area (Å²) in [5.41, 5.74) is 8.41. The van der Waals surface area contributed by atoms with Gasteiger partial charge in [-0.2, -0.15) is 0 Å². The van der Waals surface area contributed by atoms with Crippen molar-refractivity contribution in [3.05, 3.63) is 29.8 Å². The number of benzene rings is 1. The van der Waals surface area contributed by atoms with Crippen molar-refractivity contribution in [1.29, 1.82) is 0 Å². The van der Waals surface area contributed by atoms with Crippen LogP contribution in [0.4, 0.5) is 5.69 Å². The van der Waals surface area contributed by atoms with E-state index in [0.29, 0.717) is 6.54 Å². The SMILES string of the molecule is CCN(C(=O)C1CCCCCC1N)c1cccc(C)c1. The summed E-state index contributed by atoms with van der Waals surface area (Å²) in [5.74, 6) is 0.186. The lowest BCUT2D eigenvalue weighted by Gasteiger charge is -2.29.